The smallest absolute Gasteiger partial charge is 0.150 e. The van der Waals surface area contributed by atoms with Crippen molar-refractivity contribution >= 4 is 29.0 Å². The number of Topliss-reactive ketones (excluding diaryl/α,β-unsaturated/α-hetero) is 1. The minimum Gasteiger partial charge on any atom is -0.312 e. The van der Waals surface area contributed by atoms with Gasteiger partial charge in [-0.25, -0.2) is 0 Å². The lowest BCUT2D eigenvalue weighted by molar-refractivity contribution is -0.126. The number of halogens is 2. The van der Waals surface area contributed by atoms with E-state index in [-0.39, 0.29) is 17.7 Å². The first-order valence-electron chi connectivity index (χ1n) is 9.09. The number of azide groups is 1. The van der Waals surface area contributed by atoms with E-state index in [1.54, 1.807) is 18.2 Å². The van der Waals surface area contributed by atoms with Crippen molar-refractivity contribution < 1.29 is 4.79 Å². The lowest BCUT2D eigenvalue weighted by Crippen LogP contribution is -2.51. The van der Waals surface area contributed by atoms with Crippen LogP contribution in [0.3, 0.4) is 0 Å². The predicted molar refractivity (Wildman–Crippen MR) is 104 cm³/mol. The molecule has 1 aromatic carbocycles. The summed E-state index contributed by atoms with van der Waals surface area (Å²) in [4.78, 5) is 18.6. The molecule has 0 radical (unpaired) electrons. The summed E-state index contributed by atoms with van der Waals surface area (Å²) in [5.74, 6) is -0.216. The molecule has 3 atom stereocenters. The lowest BCUT2D eigenvalue weighted by atomic mass is 9.82. The monoisotopic (exact) mass is 395 g/mol. The first-order chi connectivity index (χ1) is 12.6. The molecule has 1 N–H and O–H groups in total. The Kier molecular flexibility index (Phi) is 6.79. The van der Waals surface area contributed by atoms with Gasteiger partial charge in [0.25, 0.3) is 0 Å². The van der Waals surface area contributed by atoms with Crippen molar-refractivity contribution in [3.05, 3.63) is 44.3 Å². The number of ketones is 1. The van der Waals surface area contributed by atoms with E-state index in [1.165, 1.54) is 12.8 Å². The molecule has 2 aliphatic rings. The third kappa shape index (κ3) is 4.51. The van der Waals surface area contributed by atoms with Gasteiger partial charge in [0.05, 0.1) is 10.0 Å². The predicted octanol–water partition coefficient (Wildman–Crippen LogP) is 4.38. The number of benzene rings is 1. The van der Waals surface area contributed by atoms with Gasteiger partial charge in [0.1, 0.15) is 6.04 Å². The van der Waals surface area contributed by atoms with Gasteiger partial charge in [-0.2, -0.15) is 0 Å². The van der Waals surface area contributed by atoms with E-state index >= 15 is 0 Å². The zero-order valence-corrected chi connectivity index (χ0v) is 16.1. The Labute approximate surface area is 163 Å². The van der Waals surface area contributed by atoms with Crippen LogP contribution in [0.1, 0.15) is 37.3 Å². The van der Waals surface area contributed by atoms with Crippen LogP contribution in [0.25, 0.3) is 10.4 Å². The van der Waals surface area contributed by atoms with Gasteiger partial charge in [-0.3, -0.25) is 4.79 Å². The fourth-order valence-corrected chi connectivity index (χ4v) is 4.26. The number of hydrogen-bond donors (Lipinski definition) is 1. The molecule has 2 aliphatic heterocycles. The van der Waals surface area contributed by atoms with Crippen LogP contribution in [-0.2, 0) is 4.79 Å². The van der Waals surface area contributed by atoms with Gasteiger partial charge in [-0.15, -0.1) is 0 Å². The molecule has 0 bridgehead atoms. The van der Waals surface area contributed by atoms with Gasteiger partial charge in [0.15, 0.2) is 5.78 Å². The number of nitrogens with one attached hydrogen (secondary N) is 1. The maximum atomic E-state index is 13.3. The van der Waals surface area contributed by atoms with Crippen LogP contribution >= 0.6 is 23.2 Å². The molecular formula is C18H23Cl2N5O. The van der Waals surface area contributed by atoms with E-state index in [9.17, 15) is 4.79 Å². The van der Waals surface area contributed by atoms with Gasteiger partial charge in [0, 0.05) is 23.4 Å². The van der Waals surface area contributed by atoms with Gasteiger partial charge in [-0.05, 0) is 68.5 Å². The molecule has 0 aromatic heterocycles. The van der Waals surface area contributed by atoms with Crippen LogP contribution in [0.15, 0.2) is 23.3 Å². The molecule has 8 heteroatoms. The van der Waals surface area contributed by atoms with Crippen molar-refractivity contribution in [2.45, 2.75) is 37.8 Å². The van der Waals surface area contributed by atoms with Crippen LogP contribution in [0.4, 0.5) is 0 Å². The second-order valence-corrected chi connectivity index (χ2v) is 7.81. The van der Waals surface area contributed by atoms with E-state index in [2.05, 4.69) is 20.2 Å². The Bertz CT molecular complexity index is 701. The fourth-order valence-electron chi connectivity index (χ4n) is 3.95. The second kappa shape index (κ2) is 9.07. The standard InChI is InChI=1S/C18H23Cl2N5O/c19-14-6-5-12(10-15(14)20)17(23-24-21)18(26)13-4-3-7-22-16(13)11-25-8-1-2-9-25/h5-6,10,13,16-17,22H,1-4,7-9,11H2. The molecular weight excluding hydrogens is 373 g/mol. The molecule has 3 unspecified atom stereocenters. The Morgan fingerprint density at radius 2 is 2.08 bits per heavy atom. The number of piperidine rings is 1. The molecule has 6 nitrogen and oxygen atoms in total. The highest BCUT2D eigenvalue weighted by Crippen LogP contribution is 2.32. The van der Waals surface area contributed by atoms with Crippen LogP contribution in [0.5, 0.6) is 0 Å². The molecule has 0 aliphatic carbocycles. The molecule has 1 aromatic rings. The molecule has 2 fully saturated rings. The maximum absolute atomic E-state index is 13.3. The Hall–Kier alpha value is -1.30. The number of carbonyl (C=O) groups excluding carboxylic acids is 1. The van der Waals surface area contributed by atoms with Crippen LogP contribution in [-0.4, -0.2) is 42.9 Å². The van der Waals surface area contributed by atoms with Crippen molar-refractivity contribution in [3.63, 3.8) is 0 Å². The average Bonchev–Trinajstić information content (AvgIpc) is 3.15. The number of rotatable bonds is 6. The minimum atomic E-state index is -0.874. The molecule has 0 saturated carbocycles. The summed E-state index contributed by atoms with van der Waals surface area (Å²) in [6.07, 6.45) is 4.19. The molecule has 0 spiro atoms. The SMILES string of the molecule is [N-]=[N+]=NC(C(=O)C1CCCNC1CN1CCCC1)c1ccc(Cl)c(Cl)c1. The first-order valence-corrected chi connectivity index (χ1v) is 9.84. The van der Waals surface area contributed by atoms with Crippen molar-refractivity contribution in [1.82, 2.24) is 10.2 Å². The van der Waals surface area contributed by atoms with Gasteiger partial charge >= 0.3 is 0 Å². The van der Waals surface area contributed by atoms with E-state index in [1.807, 2.05) is 0 Å². The number of likely N-dealkylation sites (tertiary alicyclic amines) is 1. The first kappa shape index (κ1) is 19.5. The molecule has 3 rings (SSSR count). The average molecular weight is 396 g/mol. The number of hydrogen-bond acceptors (Lipinski definition) is 4. The highest BCUT2D eigenvalue weighted by atomic mass is 35.5. The fraction of sp³-hybridized carbons (Fsp3) is 0.611. The summed E-state index contributed by atoms with van der Waals surface area (Å²) in [7, 11) is 0. The highest BCUT2D eigenvalue weighted by molar-refractivity contribution is 6.42. The normalized spacial score (nSPS) is 24.8. The zero-order chi connectivity index (χ0) is 18.5. The van der Waals surface area contributed by atoms with Gasteiger partial charge in [0.2, 0.25) is 0 Å². The topological polar surface area (TPSA) is 81.1 Å². The Morgan fingerprint density at radius 3 is 2.77 bits per heavy atom. The van der Waals surface area contributed by atoms with Crippen molar-refractivity contribution in [2.75, 3.05) is 26.2 Å². The van der Waals surface area contributed by atoms with E-state index in [4.69, 9.17) is 28.7 Å². The van der Waals surface area contributed by atoms with Crippen molar-refractivity contribution in [3.8, 4) is 0 Å². The van der Waals surface area contributed by atoms with E-state index in [0.29, 0.717) is 15.6 Å². The third-order valence-corrected chi connectivity index (χ3v) is 6.04. The minimum absolute atomic E-state index is 0.0439. The molecule has 140 valence electrons. The largest absolute Gasteiger partial charge is 0.312 e. The Balaban J connectivity index is 1.81. The maximum Gasteiger partial charge on any atom is 0.150 e. The molecule has 26 heavy (non-hydrogen) atoms. The van der Waals surface area contributed by atoms with E-state index < -0.39 is 6.04 Å². The molecule has 2 saturated heterocycles. The van der Waals surface area contributed by atoms with Crippen LogP contribution in [0, 0.1) is 5.92 Å². The summed E-state index contributed by atoms with van der Waals surface area (Å²) >= 11 is 12.1. The summed E-state index contributed by atoms with van der Waals surface area (Å²) in [5.41, 5.74) is 9.58. The summed E-state index contributed by atoms with van der Waals surface area (Å²) in [5, 5.41) is 8.06. The number of carbonyl (C=O) groups is 1. The lowest BCUT2D eigenvalue weighted by Gasteiger charge is -2.35. The van der Waals surface area contributed by atoms with Crippen LogP contribution < -0.4 is 5.32 Å². The second-order valence-electron chi connectivity index (χ2n) is 7.00. The number of nitrogens with zero attached hydrogens (tertiary/aromatic N) is 4. The molecule has 2 heterocycles. The molecule has 0 amide bonds. The summed E-state index contributed by atoms with van der Waals surface area (Å²) < 4.78 is 0. The van der Waals surface area contributed by atoms with Crippen LogP contribution in [0.2, 0.25) is 10.0 Å². The van der Waals surface area contributed by atoms with E-state index in [0.717, 1.165) is 39.0 Å². The Morgan fingerprint density at radius 1 is 1.31 bits per heavy atom. The summed E-state index contributed by atoms with van der Waals surface area (Å²) in [6, 6.07) is 4.17. The third-order valence-electron chi connectivity index (χ3n) is 5.30. The zero-order valence-electron chi connectivity index (χ0n) is 14.6. The van der Waals surface area contributed by atoms with Gasteiger partial charge in [-0.1, -0.05) is 34.4 Å². The summed E-state index contributed by atoms with van der Waals surface area (Å²) in [6.45, 7) is 3.96. The highest BCUT2D eigenvalue weighted by Gasteiger charge is 2.36. The van der Waals surface area contributed by atoms with Gasteiger partial charge < -0.3 is 10.2 Å². The van der Waals surface area contributed by atoms with Crippen molar-refractivity contribution in [1.29, 1.82) is 0 Å². The van der Waals surface area contributed by atoms with Crippen molar-refractivity contribution in [2.24, 2.45) is 11.0 Å². The quantitative estimate of drug-likeness (QED) is 0.440.